The van der Waals surface area contributed by atoms with Crippen LogP contribution in [0.1, 0.15) is 123 Å². The summed E-state index contributed by atoms with van der Waals surface area (Å²) in [4.78, 5) is 46.1. The monoisotopic (exact) mass is 869 g/mol. The summed E-state index contributed by atoms with van der Waals surface area (Å²) < 4.78 is 38.2. The lowest BCUT2D eigenvalue weighted by molar-refractivity contribution is -0.199. The highest BCUT2D eigenvalue weighted by Crippen LogP contribution is 2.43. The average Bonchev–Trinajstić information content (AvgIpc) is 3.20. The van der Waals surface area contributed by atoms with Crippen LogP contribution < -0.4 is 5.73 Å². The van der Waals surface area contributed by atoms with Crippen LogP contribution in [0.15, 0.2) is 72.9 Å². The van der Waals surface area contributed by atoms with Gasteiger partial charge in [0.1, 0.15) is 12.6 Å². The predicted molar refractivity (Wildman–Crippen MR) is 229 cm³/mol. The standard InChI is InChI=1S/C44H72NO14P/c1-3-5-7-8-9-10-11-12-13-14-15-16-17-18-24-28-42(49)58-36(33-56-60(53,54)57-34-38(45)44(51)52)32-55-41(48)27-23-20-19-22-26-37-39(47)31-43(50)59-40(37)30-29-35(46)25-21-6-4-2/h5,7,9-10,12-13,15-16,19,22,29-30,35-40,43,46-47,50H,3-4,6,8,11,14,17-18,20-21,23-28,31-34,45H2,1-2H3,(H,51,52)(H,53,54)/b7-5-,10-9-,13-12-,16-15-,22-19-,30-29+/t35-,36+,37-,38-,39-,40+,43?/m0/s1. The van der Waals surface area contributed by atoms with Crippen molar-refractivity contribution in [2.24, 2.45) is 11.7 Å². The fourth-order valence-corrected chi connectivity index (χ4v) is 6.58. The van der Waals surface area contributed by atoms with Crippen LogP contribution in [-0.4, -0.2) is 99.8 Å². The Labute approximate surface area is 356 Å². The molecule has 0 amide bonds. The normalized spacial score (nSPS) is 21.4. The van der Waals surface area contributed by atoms with Gasteiger partial charge in [0.25, 0.3) is 0 Å². The Balaban J connectivity index is 2.59. The Hall–Kier alpha value is -3.24. The second-order valence-electron chi connectivity index (χ2n) is 14.6. The zero-order valence-corrected chi connectivity index (χ0v) is 36.4. The van der Waals surface area contributed by atoms with Gasteiger partial charge in [-0.1, -0.05) is 106 Å². The van der Waals surface area contributed by atoms with Crippen molar-refractivity contribution >= 4 is 25.7 Å². The Kier molecular flexibility index (Phi) is 31.4. The Morgan fingerprint density at radius 2 is 1.42 bits per heavy atom. The lowest BCUT2D eigenvalue weighted by Crippen LogP contribution is -2.43. The van der Waals surface area contributed by atoms with E-state index in [4.69, 9.17) is 29.6 Å². The number of carboxylic acid groups (broad SMARTS) is 1. The number of esters is 2. The van der Waals surface area contributed by atoms with Crippen LogP contribution in [0.4, 0.5) is 0 Å². The lowest BCUT2D eigenvalue weighted by atomic mass is 9.87. The molecule has 0 aromatic heterocycles. The summed E-state index contributed by atoms with van der Waals surface area (Å²) in [6.07, 6.45) is 30.3. The van der Waals surface area contributed by atoms with Crippen LogP contribution in [0.3, 0.4) is 0 Å². The van der Waals surface area contributed by atoms with Gasteiger partial charge in [0, 0.05) is 25.2 Å². The van der Waals surface area contributed by atoms with E-state index in [2.05, 4.69) is 60.9 Å². The fourth-order valence-electron chi connectivity index (χ4n) is 5.80. The molecule has 0 spiro atoms. The zero-order valence-electron chi connectivity index (χ0n) is 35.5. The second kappa shape index (κ2) is 34.4. The van der Waals surface area contributed by atoms with Crippen molar-refractivity contribution in [1.29, 1.82) is 0 Å². The maximum atomic E-state index is 12.6. The molecule has 60 heavy (non-hydrogen) atoms. The number of ether oxygens (including phenoxy) is 3. The van der Waals surface area contributed by atoms with Gasteiger partial charge in [0.05, 0.1) is 31.5 Å². The van der Waals surface area contributed by atoms with Crippen LogP contribution in [0, 0.1) is 5.92 Å². The summed E-state index contributed by atoms with van der Waals surface area (Å²) in [6.45, 7) is 2.24. The Morgan fingerprint density at radius 3 is 2.08 bits per heavy atom. The van der Waals surface area contributed by atoms with E-state index >= 15 is 0 Å². The molecule has 1 rings (SSSR count). The molecule has 1 heterocycles. The first-order chi connectivity index (χ1) is 28.8. The number of rotatable bonds is 34. The van der Waals surface area contributed by atoms with Gasteiger partial charge in [-0.25, -0.2) is 4.57 Å². The maximum absolute atomic E-state index is 12.6. The molecule has 7 N–H and O–H groups in total. The number of carbonyl (C=O) groups is 3. The van der Waals surface area contributed by atoms with E-state index in [1.54, 1.807) is 12.2 Å². The van der Waals surface area contributed by atoms with E-state index in [1.165, 1.54) is 0 Å². The number of carboxylic acids is 1. The molecule has 0 aromatic rings. The molecule has 0 aromatic carbocycles. The van der Waals surface area contributed by atoms with Crippen LogP contribution in [0.2, 0.25) is 0 Å². The number of aliphatic carboxylic acids is 1. The summed E-state index contributed by atoms with van der Waals surface area (Å²) in [6, 6.07) is -1.57. The quantitative estimate of drug-likeness (QED) is 0.0164. The van der Waals surface area contributed by atoms with Crippen LogP contribution in [0.5, 0.6) is 0 Å². The van der Waals surface area contributed by atoms with E-state index in [-0.39, 0.29) is 25.2 Å². The molecule has 0 bridgehead atoms. The number of hydrogen-bond acceptors (Lipinski definition) is 13. The molecule has 1 aliphatic rings. The largest absolute Gasteiger partial charge is 0.480 e. The number of aliphatic hydroxyl groups excluding tert-OH is 3. The van der Waals surface area contributed by atoms with Gasteiger partial charge in [0.15, 0.2) is 12.4 Å². The average molecular weight is 870 g/mol. The summed E-state index contributed by atoms with van der Waals surface area (Å²) in [5.41, 5.74) is 5.32. The SMILES string of the molecule is CC/C=C\C/C=C\C/C=C\C/C=C\CCCCC(=O)O[C@H](COC(=O)CCC/C=C\C[C@H]1[C@@H](O)CC(O)O[C@@H]1/C=C/[C@@H](O)CCCCC)COP(=O)(O)OC[C@H](N)C(=O)O. The summed E-state index contributed by atoms with van der Waals surface area (Å²) in [7, 11) is -4.80. The molecule has 8 atom stereocenters. The Morgan fingerprint density at radius 1 is 0.800 bits per heavy atom. The number of aliphatic hydroxyl groups is 3. The van der Waals surface area contributed by atoms with Crippen LogP contribution >= 0.6 is 7.82 Å². The van der Waals surface area contributed by atoms with Crippen LogP contribution in [-0.2, 0) is 42.2 Å². The van der Waals surface area contributed by atoms with E-state index in [9.17, 15) is 39.2 Å². The molecule has 0 radical (unpaired) electrons. The van der Waals surface area contributed by atoms with Gasteiger partial charge in [-0.2, -0.15) is 0 Å². The van der Waals surface area contributed by atoms with E-state index < -0.39 is 82.3 Å². The van der Waals surface area contributed by atoms with Gasteiger partial charge < -0.3 is 45.3 Å². The Bertz CT molecular complexity index is 1410. The van der Waals surface area contributed by atoms with Gasteiger partial charge in [-0.05, 0) is 70.6 Å². The fraction of sp³-hybridized carbons (Fsp3) is 0.659. The molecule has 342 valence electrons. The molecule has 0 saturated carbocycles. The van der Waals surface area contributed by atoms with Crippen molar-refractivity contribution < 1.29 is 67.5 Å². The minimum atomic E-state index is -4.80. The van der Waals surface area contributed by atoms with E-state index in [0.29, 0.717) is 32.1 Å². The topological polar surface area (TPSA) is 242 Å². The van der Waals surface area contributed by atoms with Crippen molar-refractivity contribution in [2.45, 2.75) is 160 Å². The number of unbranched alkanes of at least 4 members (excludes halogenated alkanes) is 5. The zero-order chi connectivity index (χ0) is 44.4. The van der Waals surface area contributed by atoms with Crippen molar-refractivity contribution in [3.05, 3.63) is 72.9 Å². The highest BCUT2D eigenvalue weighted by molar-refractivity contribution is 7.47. The number of carbonyl (C=O) groups excluding carboxylic acids is 2. The second-order valence-corrected chi connectivity index (χ2v) is 16.1. The molecule has 1 fully saturated rings. The van der Waals surface area contributed by atoms with Crippen molar-refractivity contribution in [1.82, 2.24) is 0 Å². The minimum Gasteiger partial charge on any atom is -0.480 e. The highest BCUT2D eigenvalue weighted by atomic mass is 31.2. The number of phosphoric acid groups is 1. The molecule has 1 saturated heterocycles. The van der Waals surface area contributed by atoms with E-state index in [1.807, 2.05) is 18.2 Å². The molecule has 1 aliphatic heterocycles. The molecule has 16 heteroatoms. The molecular formula is C44H72NO14P. The maximum Gasteiger partial charge on any atom is 0.472 e. The molecular weight excluding hydrogens is 797 g/mol. The number of nitrogens with two attached hydrogens (primary N) is 1. The number of phosphoric ester groups is 1. The number of hydrogen-bond donors (Lipinski definition) is 6. The van der Waals surface area contributed by atoms with Gasteiger partial charge >= 0.3 is 25.7 Å². The van der Waals surface area contributed by atoms with Gasteiger partial charge in [-0.15, -0.1) is 0 Å². The third-order valence-electron chi connectivity index (χ3n) is 9.23. The van der Waals surface area contributed by atoms with Crippen molar-refractivity contribution in [3.63, 3.8) is 0 Å². The first kappa shape index (κ1) is 54.8. The molecule has 0 aliphatic carbocycles. The van der Waals surface area contributed by atoms with Crippen molar-refractivity contribution in [2.75, 3.05) is 19.8 Å². The third-order valence-corrected chi connectivity index (χ3v) is 10.2. The van der Waals surface area contributed by atoms with Crippen molar-refractivity contribution in [3.8, 4) is 0 Å². The summed E-state index contributed by atoms with van der Waals surface area (Å²) in [5.74, 6) is -3.02. The van der Waals surface area contributed by atoms with Gasteiger partial charge in [0.2, 0.25) is 0 Å². The summed E-state index contributed by atoms with van der Waals surface area (Å²) >= 11 is 0. The van der Waals surface area contributed by atoms with E-state index in [0.717, 1.165) is 57.8 Å². The first-order valence-electron chi connectivity index (χ1n) is 21.4. The highest BCUT2D eigenvalue weighted by Gasteiger charge is 2.35. The van der Waals surface area contributed by atoms with Crippen LogP contribution in [0.25, 0.3) is 0 Å². The molecule has 2 unspecified atom stereocenters. The minimum absolute atomic E-state index is 0.0144. The smallest absolute Gasteiger partial charge is 0.472 e. The predicted octanol–water partition coefficient (Wildman–Crippen LogP) is 7.05. The molecule has 15 nitrogen and oxygen atoms in total. The lowest BCUT2D eigenvalue weighted by Gasteiger charge is -2.36. The third kappa shape index (κ3) is 29.1. The number of allylic oxidation sites excluding steroid dienone is 10. The van der Waals surface area contributed by atoms with Gasteiger partial charge in [-0.3, -0.25) is 23.4 Å². The summed E-state index contributed by atoms with van der Waals surface area (Å²) in [5, 5.41) is 39.8. The first-order valence-corrected chi connectivity index (χ1v) is 22.9.